The number of aromatic carboxylic acids is 1. The number of hydrazine groups is 1. The Balaban J connectivity index is 1.68. The highest BCUT2D eigenvalue weighted by Gasteiger charge is 2.54. The molecule has 0 aliphatic carbocycles. The molecule has 166 valence electrons. The van der Waals surface area contributed by atoms with E-state index in [1.165, 1.54) is 24.3 Å². The number of imide groups is 1. The first-order valence-corrected chi connectivity index (χ1v) is 10.8. The normalized spacial score (nSPS) is 24.2. The molecular weight excluding hydrogens is 478 g/mol. The minimum Gasteiger partial charge on any atom is -0.478 e. The molecular formula is C23H22BrN3O5. The van der Waals surface area contributed by atoms with Crippen molar-refractivity contribution in [3.8, 4) is 0 Å². The lowest BCUT2D eigenvalue weighted by Gasteiger charge is -2.43. The maximum atomic E-state index is 13.4. The van der Waals surface area contributed by atoms with Gasteiger partial charge in [-0.05, 0) is 42.0 Å². The number of carbonyl (C=O) groups is 3. The number of aliphatic hydroxyl groups is 1. The second-order valence-corrected chi connectivity index (χ2v) is 8.85. The molecule has 2 aliphatic rings. The van der Waals surface area contributed by atoms with Gasteiger partial charge in [0.2, 0.25) is 5.91 Å². The summed E-state index contributed by atoms with van der Waals surface area (Å²) >= 11 is 3.38. The molecule has 9 heteroatoms. The monoisotopic (exact) mass is 499 g/mol. The van der Waals surface area contributed by atoms with Gasteiger partial charge in [0.25, 0.3) is 5.91 Å². The number of aliphatic hydroxyl groups excluding tert-OH is 1. The van der Waals surface area contributed by atoms with E-state index in [9.17, 15) is 19.5 Å². The number of anilines is 1. The molecule has 2 amide bonds. The average molecular weight is 500 g/mol. The smallest absolute Gasteiger partial charge is 0.335 e. The summed E-state index contributed by atoms with van der Waals surface area (Å²) in [6, 6.07) is 11.5. The van der Waals surface area contributed by atoms with E-state index in [4.69, 9.17) is 5.11 Å². The molecule has 1 saturated heterocycles. The van der Waals surface area contributed by atoms with Gasteiger partial charge in [-0.15, -0.1) is 0 Å². The van der Waals surface area contributed by atoms with E-state index in [2.05, 4.69) is 15.9 Å². The lowest BCUT2D eigenvalue weighted by Crippen LogP contribution is -2.58. The second kappa shape index (κ2) is 8.59. The summed E-state index contributed by atoms with van der Waals surface area (Å²) in [5, 5.41) is 23.6. The Bertz CT molecular complexity index is 1080. The highest BCUT2D eigenvalue weighted by molar-refractivity contribution is 9.10. The van der Waals surface area contributed by atoms with Crippen molar-refractivity contribution in [2.24, 2.45) is 5.92 Å². The van der Waals surface area contributed by atoms with Gasteiger partial charge in [0.05, 0.1) is 29.3 Å². The maximum absolute atomic E-state index is 13.4. The molecule has 0 radical (unpaired) electrons. The second-order valence-electron chi connectivity index (χ2n) is 7.93. The number of rotatable bonds is 5. The molecule has 0 saturated carbocycles. The van der Waals surface area contributed by atoms with E-state index in [0.29, 0.717) is 11.3 Å². The lowest BCUT2D eigenvalue weighted by atomic mass is 9.90. The van der Waals surface area contributed by atoms with Crippen LogP contribution in [-0.4, -0.2) is 64.2 Å². The van der Waals surface area contributed by atoms with Crippen molar-refractivity contribution < 1.29 is 24.6 Å². The highest BCUT2D eigenvalue weighted by Crippen LogP contribution is 2.38. The summed E-state index contributed by atoms with van der Waals surface area (Å²) in [7, 11) is 3.53. The van der Waals surface area contributed by atoms with Crippen LogP contribution in [0.3, 0.4) is 0 Å². The number of carbonyl (C=O) groups excluding carboxylic acids is 2. The number of carboxylic acids is 1. The van der Waals surface area contributed by atoms with E-state index in [0.717, 1.165) is 9.37 Å². The topological polar surface area (TPSA) is 101 Å². The largest absolute Gasteiger partial charge is 0.478 e. The van der Waals surface area contributed by atoms with Crippen LogP contribution in [0.5, 0.6) is 0 Å². The summed E-state index contributed by atoms with van der Waals surface area (Å²) in [5.41, 5.74) is 1.07. The Hall–Kier alpha value is -2.85. The molecule has 0 aromatic heterocycles. The fourth-order valence-electron chi connectivity index (χ4n) is 4.28. The van der Waals surface area contributed by atoms with Crippen molar-refractivity contribution in [3.63, 3.8) is 0 Å². The molecule has 1 fully saturated rings. The first-order chi connectivity index (χ1) is 15.2. The van der Waals surface area contributed by atoms with Gasteiger partial charge in [0, 0.05) is 18.6 Å². The number of hydrogen-bond donors (Lipinski definition) is 2. The van der Waals surface area contributed by atoms with Gasteiger partial charge in [-0.25, -0.2) is 19.7 Å². The van der Waals surface area contributed by atoms with E-state index >= 15 is 0 Å². The van der Waals surface area contributed by atoms with Crippen molar-refractivity contribution in [3.05, 3.63) is 76.3 Å². The fraction of sp³-hybridized carbons (Fsp3) is 0.261. The van der Waals surface area contributed by atoms with Gasteiger partial charge in [-0.3, -0.25) is 9.59 Å². The maximum Gasteiger partial charge on any atom is 0.335 e. The van der Waals surface area contributed by atoms with Crippen molar-refractivity contribution in [2.75, 3.05) is 19.0 Å². The molecule has 8 nitrogen and oxygen atoms in total. The summed E-state index contributed by atoms with van der Waals surface area (Å²) in [6.07, 6.45) is 2.52. The van der Waals surface area contributed by atoms with Gasteiger partial charge < -0.3 is 10.2 Å². The van der Waals surface area contributed by atoms with Crippen LogP contribution in [-0.2, 0) is 9.59 Å². The highest BCUT2D eigenvalue weighted by atomic mass is 79.9. The Morgan fingerprint density at radius 1 is 1.00 bits per heavy atom. The Kier molecular flexibility index (Phi) is 6.00. The van der Waals surface area contributed by atoms with E-state index in [-0.39, 0.29) is 11.5 Å². The molecule has 32 heavy (non-hydrogen) atoms. The molecule has 4 atom stereocenters. The molecule has 0 bridgehead atoms. The first-order valence-electron chi connectivity index (χ1n) is 9.99. The van der Waals surface area contributed by atoms with Gasteiger partial charge >= 0.3 is 5.97 Å². The minimum absolute atomic E-state index is 0.0674. The van der Waals surface area contributed by atoms with Crippen LogP contribution >= 0.6 is 15.9 Å². The van der Waals surface area contributed by atoms with Crippen LogP contribution in [0, 0.1) is 5.92 Å². The van der Waals surface area contributed by atoms with Crippen LogP contribution in [0.2, 0.25) is 0 Å². The number of halogens is 1. The summed E-state index contributed by atoms with van der Waals surface area (Å²) in [4.78, 5) is 38.8. The SMILES string of the molecule is CN(C)N1C([C@@H](O)c2ccc(Br)cc2)C=C[C@@H]2C(=O)N(c3ccc(C(=O)O)cc3)C(=O)[C@@H]21. The quantitative estimate of drug-likeness (QED) is 0.481. The zero-order valence-corrected chi connectivity index (χ0v) is 19.0. The zero-order chi connectivity index (χ0) is 23.2. The van der Waals surface area contributed by atoms with Crippen LogP contribution in [0.15, 0.2) is 65.2 Å². The van der Waals surface area contributed by atoms with Gasteiger partial charge in [0.1, 0.15) is 6.04 Å². The van der Waals surface area contributed by atoms with E-state index in [1.54, 1.807) is 48.4 Å². The zero-order valence-electron chi connectivity index (χ0n) is 17.4. The number of nitrogens with zero attached hydrogens (tertiary/aromatic N) is 3. The predicted molar refractivity (Wildman–Crippen MR) is 121 cm³/mol. The standard InChI is InChI=1S/C23H22BrN3O5/c1-25(2)27-18(20(28)13-3-7-15(24)8-4-13)12-11-17-19(27)22(30)26(21(17)29)16-9-5-14(6-10-16)23(31)32/h3-12,17-20,28H,1-2H3,(H,31,32)/t17-,18?,19+,20-/m0/s1. The fourth-order valence-corrected chi connectivity index (χ4v) is 4.55. The van der Waals surface area contributed by atoms with E-state index in [1.807, 2.05) is 12.1 Å². The summed E-state index contributed by atoms with van der Waals surface area (Å²) < 4.78 is 0.887. The van der Waals surface area contributed by atoms with Crippen LogP contribution in [0.25, 0.3) is 0 Å². The van der Waals surface area contributed by atoms with Crippen LogP contribution in [0.1, 0.15) is 22.0 Å². The van der Waals surface area contributed by atoms with Crippen molar-refractivity contribution in [1.29, 1.82) is 0 Å². The van der Waals surface area contributed by atoms with Crippen LogP contribution < -0.4 is 4.90 Å². The first kappa shape index (κ1) is 22.3. The molecule has 2 N–H and O–H groups in total. The molecule has 1 unspecified atom stereocenters. The number of benzene rings is 2. The molecule has 2 aromatic carbocycles. The summed E-state index contributed by atoms with van der Waals surface area (Å²) in [6.45, 7) is 0. The number of fused-ring (bicyclic) bond motifs is 1. The molecule has 2 aliphatic heterocycles. The Labute approximate surface area is 193 Å². The van der Waals surface area contributed by atoms with Crippen molar-refractivity contribution >= 4 is 39.4 Å². The van der Waals surface area contributed by atoms with Crippen molar-refractivity contribution in [2.45, 2.75) is 18.2 Å². The molecule has 2 heterocycles. The third-order valence-corrected chi connectivity index (χ3v) is 6.32. The number of amides is 2. The van der Waals surface area contributed by atoms with Crippen LogP contribution in [0.4, 0.5) is 5.69 Å². The van der Waals surface area contributed by atoms with Gasteiger partial charge in [-0.1, -0.05) is 40.2 Å². The molecule has 2 aromatic rings. The third kappa shape index (κ3) is 3.77. The minimum atomic E-state index is -1.09. The molecule has 0 spiro atoms. The Morgan fingerprint density at radius 2 is 1.62 bits per heavy atom. The third-order valence-electron chi connectivity index (χ3n) is 5.79. The lowest BCUT2D eigenvalue weighted by molar-refractivity contribution is -0.139. The van der Waals surface area contributed by atoms with E-state index < -0.39 is 36.0 Å². The average Bonchev–Trinajstić information content (AvgIpc) is 3.03. The van der Waals surface area contributed by atoms with Gasteiger partial charge in [0.15, 0.2) is 0 Å². The van der Waals surface area contributed by atoms with Crippen molar-refractivity contribution in [1.82, 2.24) is 10.0 Å². The predicted octanol–water partition coefficient (Wildman–Crippen LogP) is 2.46. The number of carboxylic acid groups (broad SMARTS) is 1. The number of hydrogen-bond acceptors (Lipinski definition) is 6. The Morgan fingerprint density at radius 3 is 2.19 bits per heavy atom. The van der Waals surface area contributed by atoms with Gasteiger partial charge in [-0.2, -0.15) is 0 Å². The molecule has 4 rings (SSSR count). The summed E-state index contributed by atoms with van der Waals surface area (Å²) in [5.74, 6) is -2.61.